The van der Waals surface area contributed by atoms with E-state index < -0.39 is 33.8 Å². The number of benzene rings is 2. The number of ether oxygens (including phenoxy) is 1. The third-order valence-electron chi connectivity index (χ3n) is 4.31. The molecule has 0 bridgehead atoms. The number of halogens is 1. The van der Waals surface area contributed by atoms with Gasteiger partial charge in [0.1, 0.15) is 11.4 Å². The van der Waals surface area contributed by atoms with Gasteiger partial charge in [-0.15, -0.1) is 0 Å². The van der Waals surface area contributed by atoms with Crippen LogP contribution in [0.1, 0.15) is 12.5 Å². The lowest BCUT2D eigenvalue weighted by atomic mass is 10.2. The van der Waals surface area contributed by atoms with Crippen molar-refractivity contribution >= 4 is 68.3 Å². The molecule has 2 aromatic rings. The highest BCUT2D eigenvalue weighted by Gasteiger charge is 2.36. The Labute approximate surface area is 204 Å². The molecular weight excluding hydrogens is 508 g/mol. The van der Waals surface area contributed by atoms with Crippen LogP contribution in [0.3, 0.4) is 0 Å². The summed E-state index contributed by atoms with van der Waals surface area (Å²) in [5.41, 5.74) is 0.822. The summed E-state index contributed by atoms with van der Waals surface area (Å²) in [5.74, 6) is -1.85. The minimum Gasteiger partial charge on any atom is -0.468 e. The molecule has 0 spiro atoms. The second-order valence-electron chi connectivity index (χ2n) is 6.78. The lowest BCUT2D eigenvalue weighted by Crippen LogP contribution is -2.34. The van der Waals surface area contributed by atoms with Gasteiger partial charge in [0, 0.05) is 12.6 Å². The summed E-state index contributed by atoms with van der Waals surface area (Å²) in [7, 11) is -3.08. The average Bonchev–Trinajstić information content (AvgIpc) is 3.02. The van der Waals surface area contributed by atoms with Crippen LogP contribution in [0.25, 0.3) is 6.08 Å². The van der Waals surface area contributed by atoms with Crippen molar-refractivity contribution < 1.29 is 36.5 Å². The smallest absolute Gasteiger partial charge is 0.339 e. The molecule has 0 saturated carbocycles. The first-order valence-electron chi connectivity index (χ1n) is 9.44. The molecule has 1 heterocycles. The van der Waals surface area contributed by atoms with Gasteiger partial charge in [0.15, 0.2) is 5.75 Å². The molecule has 2 aromatic carbocycles. The number of hydrogen-bond acceptors (Lipinski definition) is 9. The molecule has 0 aromatic heterocycles. The van der Waals surface area contributed by atoms with Gasteiger partial charge in [0.2, 0.25) is 5.91 Å². The number of nitrogens with one attached hydrogen (secondary N) is 1. The summed E-state index contributed by atoms with van der Waals surface area (Å²) in [6.07, 6.45) is 1.38. The summed E-state index contributed by atoms with van der Waals surface area (Å²) >= 11 is 6.82. The third kappa shape index (κ3) is 5.95. The maximum atomic E-state index is 12.6. The van der Waals surface area contributed by atoms with Crippen molar-refractivity contribution in [3.63, 3.8) is 0 Å². The number of esters is 1. The van der Waals surface area contributed by atoms with Crippen LogP contribution in [0, 0.1) is 0 Å². The predicted octanol–water partition coefficient (Wildman–Crippen LogP) is 3.28. The third-order valence-corrected chi connectivity index (χ3v) is 6.76. The molecule has 0 aliphatic carbocycles. The summed E-state index contributed by atoms with van der Waals surface area (Å²) in [6.45, 7) is 0.822. The van der Waals surface area contributed by atoms with Gasteiger partial charge in [-0.1, -0.05) is 17.7 Å². The minimum atomic E-state index is -4.22. The molecule has 0 unspecified atom stereocenters. The molecule has 13 heteroatoms. The van der Waals surface area contributed by atoms with E-state index in [1.165, 1.54) is 55.5 Å². The Balaban J connectivity index is 1.76. The molecule has 178 valence electrons. The van der Waals surface area contributed by atoms with E-state index in [1.807, 2.05) is 0 Å². The van der Waals surface area contributed by atoms with Gasteiger partial charge in [0.05, 0.1) is 17.0 Å². The molecule has 1 aliphatic rings. The van der Waals surface area contributed by atoms with Crippen LogP contribution < -0.4 is 9.50 Å². The number of nitrogens with zero attached hydrogens (tertiary/aromatic N) is 1. The summed E-state index contributed by atoms with van der Waals surface area (Å²) in [5, 5.41) is 1.85. The monoisotopic (exact) mass is 524 g/mol. The van der Waals surface area contributed by atoms with E-state index in [-0.39, 0.29) is 26.5 Å². The predicted molar refractivity (Wildman–Crippen MR) is 125 cm³/mol. The quantitative estimate of drug-likeness (QED) is 0.328. The molecule has 1 fully saturated rings. The van der Waals surface area contributed by atoms with Crippen molar-refractivity contribution in [3.05, 3.63) is 58.0 Å². The van der Waals surface area contributed by atoms with Crippen LogP contribution in [-0.2, 0) is 29.2 Å². The SMILES string of the molecule is COC(=O)CN1C(=O)S/C(=C\c2ccc(OS(=O)(=O)c3ccc(NC(C)=O)cc3)c(Cl)c2)C1=O. The zero-order valence-corrected chi connectivity index (χ0v) is 20.1. The van der Waals surface area contributed by atoms with Crippen LogP contribution in [0.4, 0.5) is 10.5 Å². The minimum absolute atomic E-state index is 0.0546. The first-order chi connectivity index (χ1) is 16.0. The number of rotatable bonds is 7. The Morgan fingerprint density at radius 2 is 1.82 bits per heavy atom. The van der Waals surface area contributed by atoms with Crippen molar-refractivity contribution in [3.8, 4) is 5.75 Å². The Kier molecular flexibility index (Phi) is 7.64. The second-order valence-corrected chi connectivity index (χ2v) is 9.72. The van der Waals surface area contributed by atoms with Crippen molar-refractivity contribution in [1.82, 2.24) is 4.90 Å². The molecule has 3 amide bonds. The van der Waals surface area contributed by atoms with Crippen molar-refractivity contribution in [2.45, 2.75) is 11.8 Å². The van der Waals surface area contributed by atoms with E-state index >= 15 is 0 Å². The van der Waals surface area contributed by atoms with Gasteiger partial charge in [-0.25, -0.2) is 0 Å². The van der Waals surface area contributed by atoms with E-state index in [0.717, 1.165) is 12.0 Å². The van der Waals surface area contributed by atoms with Crippen LogP contribution in [-0.4, -0.2) is 50.0 Å². The molecule has 1 aliphatic heterocycles. The molecular formula is C21H17ClN2O8S2. The first-order valence-corrected chi connectivity index (χ1v) is 12.0. The topological polar surface area (TPSA) is 136 Å². The van der Waals surface area contributed by atoms with Crippen LogP contribution in [0.2, 0.25) is 5.02 Å². The van der Waals surface area contributed by atoms with E-state index in [4.69, 9.17) is 15.8 Å². The summed E-state index contributed by atoms with van der Waals surface area (Å²) in [6, 6.07) is 9.48. The Bertz CT molecular complexity index is 1310. The Morgan fingerprint density at radius 3 is 2.41 bits per heavy atom. The van der Waals surface area contributed by atoms with Gasteiger partial charge in [0.25, 0.3) is 11.1 Å². The fourth-order valence-corrected chi connectivity index (χ4v) is 4.79. The highest BCUT2D eigenvalue weighted by Crippen LogP contribution is 2.34. The Morgan fingerprint density at radius 1 is 1.15 bits per heavy atom. The molecule has 0 atom stereocenters. The summed E-state index contributed by atoms with van der Waals surface area (Å²) < 4.78 is 34.7. The molecule has 1 N–H and O–H groups in total. The normalized spacial score (nSPS) is 14.9. The maximum Gasteiger partial charge on any atom is 0.339 e. The van der Waals surface area contributed by atoms with Gasteiger partial charge < -0.3 is 14.2 Å². The number of imide groups is 1. The highest BCUT2D eigenvalue weighted by molar-refractivity contribution is 8.18. The number of carbonyl (C=O) groups is 4. The van der Waals surface area contributed by atoms with E-state index in [2.05, 4.69) is 10.1 Å². The fourth-order valence-electron chi connectivity index (χ4n) is 2.73. The molecule has 0 radical (unpaired) electrons. The lowest BCUT2D eigenvalue weighted by Gasteiger charge is -2.10. The molecule has 1 saturated heterocycles. The molecule has 3 rings (SSSR count). The van der Waals surface area contributed by atoms with Gasteiger partial charge in [-0.3, -0.25) is 24.1 Å². The largest absolute Gasteiger partial charge is 0.468 e. The first kappa shape index (κ1) is 25.3. The lowest BCUT2D eigenvalue weighted by molar-refractivity contribution is -0.143. The summed E-state index contributed by atoms with van der Waals surface area (Å²) in [4.78, 5) is 47.5. The van der Waals surface area contributed by atoms with Crippen molar-refractivity contribution in [1.29, 1.82) is 0 Å². The average molecular weight is 525 g/mol. The van der Waals surface area contributed by atoms with Crippen LogP contribution in [0.5, 0.6) is 5.75 Å². The van der Waals surface area contributed by atoms with Crippen LogP contribution in [0.15, 0.2) is 52.3 Å². The van der Waals surface area contributed by atoms with Gasteiger partial charge in [-0.05, 0) is 59.8 Å². The highest BCUT2D eigenvalue weighted by atomic mass is 35.5. The zero-order chi connectivity index (χ0) is 25.0. The number of thioether (sulfide) groups is 1. The number of hydrogen-bond donors (Lipinski definition) is 1. The Hall–Kier alpha value is -3.35. The fraction of sp³-hybridized carbons (Fsp3) is 0.143. The number of amides is 3. The number of anilines is 1. The second kappa shape index (κ2) is 10.3. The standard InChI is InChI=1S/C21H17ClN2O8S2/c1-12(25)23-14-4-6-15(7-5-14)34(29,30)32-17-8-3-13(9-16(17)22)10-18-20(27)24(21(28)33-18)11-19(26)31-2/h3-10H,11H2,1-2H3,(H,23,25)/b18-10-. The van der Waals surface area contributed by atoms with E-state index in [0.29, 0.717) is 23.0 Å². The van der Waals surface area contributed by atoms with Crippen molar-refractivity contribution in [2.75, 3.05) is 19.0 Å². The van der Waals surface area contributed by atoms with E-state index in [9.17, 15) is 27.6 Å². The van der Waals surface area contributed by atoms with E-state index in [1.54, 1.807) is 0 Å². The maximum absolute atomic E-state index is 12.6. The van der Waals surface area contributed by atoms with Gasteiger partial charge in [-0.2, -0.15) is 8.42 Å². The molecule has 10 nitrogen and oxygen atoms in total. The molecule has 34 heavy (non-hydrogen) atoms. The van der Waals surface area contributed by atoms with Gasteiger partial charge >= 0.3 is 16.1 Å². The number of methoxy groups -OCH3 is 1. The zero-order valence-electron chi connectivity index (χ0n) is 17.7. The van der Waals surface area contributed by atoms with Crippen molar-refractivity contribution in [2.24, 2.45) is 0 Å². The number of carbonyl (C=O) groups excluding carboxylic acids is 4. The van der Waals surface area contributed by atoms with Crippen LogP contribution >= 0.6 is 23.4 Å².